The first-order chi connectivity index (χ1) is 13.7. The van der Waals surface area contributed by atoms with E-state index in [0.29, 0.717) is 5.56 Å². The summed E-state index contributed by atoms with van der Waals surface area (Å²) in [5.41, 5.74) is 5.14. The van der Waals surface area contributed by atoms with Crippen molar-refractivity contribution in [3.05, 3.63) is 89.5 Å². The molecule has 1 heterocycles. The van der Waals surface area contributed by atoms with E-state index in [2.05, 4.69) is 46.4 Å². The first-order valence-electron chi connectivity index (χ1n) is 8.90. The Hall–Kier alpha value is -3.65. The second-order valence-corrected chi connectivity index (χ2v) is 6.37. The van der Waals surface area contributed by atoms with Crippen LogP contribution in [0.2, 0.25) is 0 Å². The summed E-state index contributed by atoms with van der Waals surface area (Å²) in [5.74, 6) is 5.06. The van der Waals surface area contributed by atoms with Gasteiger partial charge in [-0.15, -0.1) is 0 Å². The molecule has 0 unspecified atom stereocenters. The van der Waals surface area contributed by atoms with Crippen LogP contribution < -0.4 is 5.32 Å². The fraction of sp³-hybridized carbons (Fsp3) is 0.130. The first kappa shape index (κ1) is 17.7. The molecule has 1 amide bonds. The molecule has 0 saturated carbocycles. The molecule has 0 atom stereocenters. The lowest BCUT2D eigenvalue weighted by Gasteiger charge is -2.14. The minimum absolute atomic E-state index is 0.0163. The third kappa shape index (κ3) is 3.72. The van der Waals surface area contributed by atoms with E-state index in [0.717, 1.165) is 17.3 Å². The first-order valence-corrected chi connectivity index (χ1v) is 8.90. The molecular formula is C23H17FN2O2. The monoisotopic (exact) mass is 372 g/mol. The molecule has 0 bridgehead atoms. The van der Waals surface area contributed by atoms with E-state index in [4.69, 9.17) is 4.74 Å². The van der Waals surface area contributed by atoms with Crippen molar-refractivity contribution in [1.29, 1.82) is 0 Å². The molecule has 5 heteroatoms. The second-order valence-electron chi connectivity index (χ2n) is 6.37. The molecule has 4 rings (SSSR count). The van der Waals surface area contributed by atoms with Gasteiger partial charge in [0.1, 0.15) is 12.4 Å². The molecule has 138 valence electrons. The number of aromatic nitrogens is 1. The van der Waals surface area contributed by atoms with Crippen LogP contribution in [0.4, 0.5) is 9.18 Å². The number of benzene rings is 2. The van der Waals surface area contributed by atoms with E-state index in [1.54, 1.807) is 0 Å². The summed E-state index contributed by atoms with van der Waals surface area (Å²) in [5, 5.41) is 2.59. The maximum absolute atomic E-state index is 13.0. The average Bonchev–Trinajstić information content (AvgIpc) is 3.04. The Balaban J connectivity index is 1.35. The summed E-state index contributed by atoms with van der Waals surface area (Å²) in [6.45, 7) is 0.355. The minimum Gasteiger partial charge on any atom is -0.449 e. The van der Waals surface area contributed by atoms with E-state index in [1.807, 2.05) is 24.3 Å². The molecular weight excluding hydrogens is 355 g/mol. The van der Waals surface area contributed by atoms with E-state index < -0.39 is 11.9 Å². The number of alkyl carbamates (subject to hydrolysis) is 1. The Labute approximate surface area is 162 Å². The maximum Gasteiger partial charge on any atom is 0.407 e. The molecule has 0 fully saturated rings. The average molecular weight is 372 g/mol. The Morgan fingerprint density at radius 2 is 1.75 bits per heavy atom. The Morgan fingerprint density at radius 1 is 1.07 bits per heavy atom. The number of ether oxygens (including phenoxy) is 1. The maximum atomic E-state index is 13.0. The van der Waals surface area contributed by atoms with Crippen molar-refractivity contribution in [2.45, 2.75) is 5.92 Å². The lowest BCUT2D eigenvalue weighted by molar-refractivity contribution is 0.144. The largest absolute Gasteiger partial charge is 0.449 e. The fourth-order valence-corrected chi connectivity index (χ4v) is 3.39. The molecule has 4 nitrogen and oxygen atoms in total. The van der Waals surface area contributed by atoms with Crippen LogP contribution in [0.15, 0.2) is 67.0 Å². The Morgan fingerprint density at radius 3 is 2.43 bits per heavy atom. The molecule has 1 aromatic heterocycles. The van der Waals surface area contributed by atoms with Crippen molar-refractivity contribution in [2.75, 3.05) is 13.2 Å². The molecule has 0 aliphatic heterocycles. The van der Waals surface area contributed by atoms with Crippen LogP contribution in [0.5, 0.6) is 0 Å². The van der Waals surface area contributed by atoms with Gasteiger partial charge in [0.25, 0.3) is 0 Å². The zero-order chi connectivity index (χ0) is 19.3. The van der Waals surface area contributed by atoms with Gasteiger partial charge in [-0.05, 0) is 28.3 Å². The van der Waals surface area contributed by atoms with Gasteiger partial charge in [0, 0.05) is 17.7 Å². The number of fused-ring (bicyclic) bond motifs is 3. The molecule has 28 heavy (non-hydrogen) atoms. The lowest BCUT2D eigenvalue weighted by atomic mass is 9.98. The van der Waals surface area contributed by atoms with Gasteiger partial charge in [-0.3, -0.25) is 4.98 Å². The SMILES string of the molecule is O=C(NCC#Cc1cncc(F)c1)OCC1c2ccccc2-c2ccccc21. The number of pyridine rings is 1. The number of carbonyl (C=O) groups excluding carboxylic acids is 1. The summed E-state index contributed by atoms with van der Waals surface area (Å²) in [7, 11) is 0. The second kappa shape index (κ2) is 7.93. The van der Waals surface area contributed by atoms with E-state index in [9.17, 15) is 9.18 Å². The third-order valence-corrected chi connectivity index (χ3v) is 4.60. The van der Waals surface area contributed by atoms with Gasteiger partial charge in [0.05, 0.1) is 12.7 Å². The third-order valence-electron chi connectivity index (χ3n) is 4.60. The van der Waals surface area contributed by atoms with Crippen LogP contribution in [0.1, 0.15) is 22.6 Å². The van der Waals surface area contributed by atoms with Crippen LogP contribution in [0.3, 0.4) is 0 Å². The van der Waals surface area contributed by atoms with Gasteiger partial charge in [0.15, 0.2) is 0 Å². The predicted octanol–water partition coefficient (Wildman–Crippen LogP) is 4.11. The van der Waals surface area contributed by atoms with Crippen molar-refractivity contribution < 1.29 is 13.9 Å². The topological polar surface area (TPSA) is 51.2 Å². The molecule has 1 N–H and O–H groups in total. The molecule has 1 aliphatic rings. The number of nitrogens with zero attached hydrogens (tertiary/aromatic N) is 1. The van der Waals surface area contributed by atoms with Crippen molar-refractivity contribution in [3.8, 4) is 23.0 Å². The number of halogens is 1. The van der Waals surface area contributed by atoms with Crippen LogP contribution >= 0.6 is 0 Å². The van der Waals surface area contributed by atoms with Crippen molar-refractivity contribution in [1.82, 2.24) is 10.3 Å². The van der Waals surface area contributed by atoms with E-state index in [1.165, 1.54) is 23.4 Å². The highest BCUT2D eigenvalue weighted by molar-refractivity contribution is 5.79. The molecule has 3 aromatic rings. The number of rotatable bonds is 3. The summed E-state index contributed by atoms with van der Waals surface area (Å²) in [6.07, 6.45) is 2.04. The zero-order valence-electron chi connectivity index (χ0n) is 15.0. The van der Waals surface area contributed by atoms with Gasteiger partial charge >= 0.3 is 6.09 Å². The molecule has 0 radical (unpaired) electrons. The lowest BCUT2D eigenvalue weighted by Crippen LogP contribution is -2.26. The van der Waals surface area contributed by atoms with E-state index >= 15 is 0 Å². The number of hydrogen-bond donors (Lipinski definition) is 1. The van der Waals surface area contributed by atoms with Crippen molar-refractivity contribution in [2.24, 2.45) is 0 Å². The van der Waals surface area contributed by atoms with Crippen LogP contribution in [0.25, 0.3) is 11.1 Å². The summed E-state index contributed by atoms with van der Waals surface area (Å²) in [6, 6.07) is 17.6. The Kier molecular flexibility index (Phi) is 5.03. The molecule has 2 aromatic carbocycles. The highest BCUT2D eigenvalue weighted by Gasteiger charge is 2.28. The summed E-state index contributed by atoms with van der Waals surface area (Å²) in [4.78, 5) is 15.7. The standard InChI is InChI=1S/C23H17FN2O2/c24-17-12-16(13-25-14-17)6-5-11-26-23(27)28-15-22-20-9-3-1-7-18(20)19-8-2-4-10-21(19)22/h1-4,7-10,12-14,22H,11,15H2,(H,26,27). The molecule has 0 saturated heterocycles. The quantitative estimate of drug-likeness (QED) is 0.704. The number of carbonyl (C=O) groups is 1. The molecule has 1 aliphatic carbocycles. The van der Waals surface area contributed by atoms with Gasteiger partial charge < -0.3 is 10.1 Å². The van der Waals surface area contributed by atoms with Gasteiger partial charge in [-0.25, -0.2) is 9.18 Å². The predicted molar refractivity (Wildman–Crippen MR) is 104 cm³/mol. The van der Waals surface area contributed by atoms with Crippen LogP contribution in [0, 0.1) is 17.7 Å². The normalized spacial score (nSPS) is 11.8. The zero-order valence-corrected chi connectivity index (χ0v) is 15.0. The van der Waals surface area contributed by atoms with Gasteiger partial charge in [-0.1, -0.05) is 60.4 Å². The number of hydrogen-bond acceptors (Lipinski definition) is 3. The van der Waals surface area contributed by atoms with Gasteiger partial charge in [-0.2, -0.15) is 0 Å². The number of amides is 1. The van der Waals surface area contributed by atoms with Crippen molar-refractivity contribution >= 4 is 6.09 Å². The highest BCUT2D eigenvalue weighted by atomic mass is 19.1. The minimum atomic E-state index is -0.534. The Bertz CT molecular complexity index is 1040. The number of nitrogens with one attached hydrogen (secondary N) is 1. The van der Waals surface area contributed by atoms with Crippen LogP contribution in [-0.2, 0) is 4.74 Å². The van der Waals surface area contributed by atoms with Crippen molar-refractivity contribution in [3.63, 3.8) is 0 Å². The summed E-state index contributed by atoms with van der Waals surface area (Å²) < 4.78 is 18.5. The summed E-state index contributed by atoms with van der Waals surface area (Å²) >= 11 is 0. The molecule has 0 spiro atoms. The van der Waals surface area contributed by atoms with E-state index in [-0.39, 0.29) is 19.1 Å². The highest BCUT2D eigenvalue weighted by Crippen LogP contribution is 2.44. The van der Waals surface area contributed by atoms with Crippen LogP contribution in [-0.4, -0.2) is 24.2 Å². The smallest absolute Gasteiger partial charge is 0.407 e. The van der Waals surface area contributed by atoms with Gasteiger partial charge in [0.2, 0.25) is 0 Å². The fourth-order valence-electron chi connectivity index (χ4n) is 3.39.